The number of aliphatic hydroxyl groups is 1. The summed E-state index contributed by atoms with van der Waals surface area (Å²) in [5, 5.41) is 10.3. The molecule has 0 aliphatic heterocycles. The van der Waals surface area contributed by atoms with Crippen LogP contribution >= 0.6 is 0 Å². The molecule has 0 heterocycles. The Balaban J connectivity index is 4.43. The molecule has 0 aliphatic rings. The van der Waals surface area contributed by atoms with Gasteiger partial charge in [0.2, 0.25) is 0 Å². The van der Waals surface area contributed by atoms with Gasteiger partial charge in [0.05, 0.1) is 6.10 Å². The minimum absolute atomic E-state index is 0.0181. The molecule has 20 heavy (non-hydrogen) atoms. The molecule has 0 spiro atoms. The Bertz CT molecular complexity index is 324. The predicted octanol–water partition coefficient (Wildman–Crippen LogP) is 4.01. The monoisotopic (exact) mass is 302 g/mol. The van der Waals surface area contributed by atoms with Gasteiger partial charge in [-0.3, -0.25) is 4.79 Å². The van der Waals surface area contributed by atoms with E-state index >= 15 is 0 Å². The first kappa shape index (κ1) is 19.8. The van der Waals surface area contributed by atoms with E-state index < -0.39 is 14.4 Å². The molecule has 0 aromatic heterocycles. The van der Waals surface area contributed by atoms with E-state index in [0.717, 1.165) is 0 Å². The molecule has 0 unspecified atom stereocenters. The third-order valence-electron chi connectivity index (χ3n) is 4.40. The molecule has 1 N–H and O–H groups in total. The summed E-state index contributed by atoms with van der Waals surface area (Å²) < 4.78 is 6.11. The van der Waals surface area contributed by atoms with Gasteiger partial charge in [-0.2, -0.15) is 0 Å². The molecule has 0 fully saturated rings. The molecule has 0 amide bonds. The van der Waals surface area contributed by atoms with Crippen LogP contribution in [-0.4, -0.2) is 31.9 Å². The molecule has 0 radical (unpaired) electrons. The maximum absolute atomic E-state index is 11.9. The minimum Gasteiger partial charge on any atom is -0.416 e. The lowest BCUT2D eigenvalue weighted by Gasteiger charge is -2.37. The van der Waals surface area contributed by atoms with Crippen LogP contribution < -0.4 is 0 Å². The van der Waals surface area contributed by atoms with Gasteiger partial charge in [-0.05, 0) is 18.1 Å². The van der Waals surface area contributed by atoms with Crippen LogP contribution in [-0.2, 0) is 9.22 Å². The van der Waals surface area contributed by atoms with E-state index in [0.29, 0.717) is 6.61 Å². The highest BCUT2D eigenvalue weighted by atomic mass is 28.4. The van der Waals surface area contributed by atoms with Gasteiger partial charge < -0.3 is 9.53 Å². The zero-order valence-corrected chi connectivity index (χ0v) is 15.8. The maximum Gasteiger partial charge on any atom is 0.191 e. The van der Waals surface area contributed by atoms with E-state index in [9.17, 15) is 9.90 Å². The highest BCUT2D eigenvalue weighted by Gasteiger charge is 2.38. The van der Waals surface area contributed by atoms with Crippen molar-refractivity contribution in [3.05, 3.63) is 0 Å². The summed E-state index contributed by atoms with van der Waals surface area (Å²) in [6, 6.07) is 0. The van der Waals surface area contributed by atoms with Gasteiger partial charge in [0.25, 0.3) is 0 Å². The Hall–Kier alpha value is -0.193. The molecule has 0 bridgehead atoms. The number of rotatable bonds is 6. The number of hydrogen-bond donors (Lipinski definition) is 1. The maximum atomic E-state index is 11.9. The highest BCUT2D eigenvalue weighted by molar-refractivity contribution is 6.74. The van der Waals surface area contributed by atoms with E-state index in [1.807, 2.05) is 27.7 Å². The Kier molecular flexibility index (Phi) is 6.65. The standard InChI is InChI=1S/C16H34O3Si/c1-12(11-19-20(8,9)16(5,6)7)13(17)10-14(18)15(2,3)4/h12-13,17H,10-11H2,1-9H3/t12-,13+/m1/s1. The summed E-state index contributed by atoms with van der Waals surface area (Å²) in [6.07, 6.45) is -0.405. The molecule has 0 saturated carbocycles. The van der Waals surface area contributed by atoms with Crippen molar-refractivity contribution >= 4 is 14.1 Å². The highest BCUT2D eigenvalue weighted by Crippen LogP contribution is 2.37. The average molecular weight is 303 g/mol. The smallest absolute Gasteiger partial charge is 0.191 e. The van der Waals surface area contributed by atoms with Gasteiger partial charge in [0.1, 0.15) is 5.78 Å². The second kappa shape index (κ2) is 6.71. The third kappa shape index (κ3) is 6.06. The first-order valence-corrected chi connectivity index (χ1v) is 10.4. The molecule has 0 rings (SSSR count). The Labute approximate surface area is 126 Å². The molecule has 0 aliphatic carbocycles. The molecule has 2 atom stereocenters. The number of carbonyl (C=O) groups is 1. The summed E-state index contributed by atoms with van der Waals surface area (Å²) in [5.41, 5.74) is -0.388. The Morgan fingerprint density at radius 1 is 1.15 bits per heavy atom. The summed E-state index contributed by atoms with van der Waals surface area (Å²) in [7, 11) is -1.79. The number of carbonyl (C=O) groups excluding carboxylic acids is 1. The van der Waals surface area contributed by atoms with Crippen molar-refractivity contribution in [1.82, 2.24) is 0 Å². The summed E-state index contributed by atoms with van der Waals surface area (Å²) in [4.78, 5) is 11.9. The molecular weight excluding hydrogens is 268 g/mol. The van der Waals surface area contributed by atoms with Crippen LogP contribution in [0.15, 0.2) is 0 Å². The van der Waals surface area contributed by atoms with Crippen LogP contribution in [0.3, 0.4) is 0 Å². The number of hydrogen-bond acceptors (Lipinski definition) is 3. The van der Waals surface area contributed by atoms with Crippen LogP contribution in [0.4, 0.5) is 0 Å². The molecule has 0 aromatic carbocycles. The molecule has 120 valence electrons. The van der Waals surface area contributed by atoms with Gasteiger partial charge in [-0.25, -0.2) is 0 Å². The first-order valence-electron chi connectivity index (χ1n) is 7.54. The normalized spacial score (nSPS) is 16.9. The lowest BCUT2D eigenvalue weighted by Crippen LogP contribution is -2.43. The Morgan fingerprint density at radius 3 is 1.95 bits per heavy atom. The van der Waals surface area contributed by atoms with Crippen LogP contribution in [0.5, 0.6) is 0 Å². The zero-order chi connectivity index (χ0) is 16.4. The van der Waals surface area contributed by atoms with Crippen LogP contribution in [0.2, 0.25) is 18.1 Å². The van der Waals surface area contributed by atoms with E-state index in [1.54, 1.807) is 0 Å². The average Bonchev–Trinajstić information content (AvgIpc) is 2.22. The third-order valence-corrected chi connectivity index (χ3v) is 8.90. The minimum atomic E-state index is -1.79. The SMILES string of the molecule is C[C@H](CO[Si](C)(C)C(C)(C)C)[C@@H](O)CC(=O)C(C)(C)C. The summed E-state index contributed by atoms with van der Waals surface area (Å²) in [6.45, 7) is 19.1. The zero-order valence-electron chi connectivity index (χ0n) is 14.8. The topological polar surface area (TPSA) is 46.5 Å². The second-order valence-corrected chi connectivity index (χ2v) is 13.3. The van der Waals surface area contributed by atoms with Gasteiger partial charge in [0.15, 0.2) is 8.32 Å². The molecule has 0 aromatic rings. The molecule has 0 saturated heterocycles. The van der Waals surface area contributed by atoms with E-state index in [-0.39, 0.29) is 28.6 Å². The Morgan fingerprint density at radius 2 is 1.60 bits per heavy atom. The summed E-state index contributed by atoms with van der Waals surface area (Å²) in [5.74, 6) is 0.0830. The van der Waals surface area contributed by atoms with Crippen LogP contribution in [0.25, 0.3) is 0 Å². The lowest BCUT2D eigenvalue weighted by molar-refractivity contribution is -0.129. The van der Waals surface area contributed by atoms with Gasteiger partial charge in [0, 0.05) is 24.4 Å². The number of aliphatic hydroxyl groups excluding tert-OH is 1. The first-order chi connectivity index (χ1) is 8.68. The predicted molar refractivity (Wildman–Crippen MR) is 87.4 cm³/mol. The molecule has 4 heteroatoms. The van der Waals surface area contributed by atoms with Gasteiger partial charge in [-0.1, -0.05) is 48.5 Å². The molecular formula is C16H34O3Si. The van der Waals surface area contributed by atoms with Crippen LogP contribution in [0, 0.1) is 11.3 Å². The fraction of sp³-hybridized carbons (Fsp3) is 0.938. The van der Waals surface area contributed by atoms with Crippen molar-refractivity contribution in [3.8, 4) is 0 Å². The fourth-order valence-corrected chi connectivity index (χ4v) is 2.48. The number of ketones is 1. The van der Waals surface area contributed by atoms with Crippen molar-refractivity contribution in [1.29, 1.82) is 0 Å². The largest absolute Gasteiger partial charge is 0.416 e. The summed E-state index contributed by atoms with van der Waals surface area (Å²) >= 11 is 0. The van der Waals surface area contributed by atoms with Crippen molar-refractivity contribution in [2.75, 3.05) is 6.61 Å². The molecule has 3 nitrogen and oxygen atoms in total. The number of Topliss-reactive ketones (excluding diaryl/α,β-unsaturated/α-hetero) is 1. The van der Waals surface area contributed by atoms with Crippen molar-refractivity contribution in [2.24, 2.45) is 11.3 Å². The van der Waals surface area contributed by atoms with Crippen molar-refractivity contribution < 1.29 is 14.3 Å². The van der Waals surface area contributed by atoms with Crippen molar-refractivity contribution in [2.45, 2.75) is 79.1 Å². The van der Waals surface area contributed by atoms with Gasteiger partial charge >= 0.3 is 0 Å². The quantitative estimate of drug-likeness (QED) is 0.754. The van der Waals surface area contributed by atoms with Crippen molar-refractivity contribution in [3.63, 3.8) is 0 Å². The van der Waals surface area contributed by atoms with E-state index in [4.69, 9.17) is 4.43 Å². The van der Waals surface area contributed by atoms with E-state index in [1.165, 1.54) is 0 Å². The fourth-order valence-electron chi connectivity index (χ4n) is 1.36. The van der Waals surface area contributed by atoms with Gasteiger partial charge in [-0.15, -0.1) is 0 Å². The lowest BCUT2D eigenvalue weighted by atomic mass is 9.85. The van der Waals surface area contributed by atoms with E-state index in [2.05, 4.69) is 33.9 Å². The van der Waals surface area contributed by atoms with Crippen LogP contribution in [0.1, 0.15) is 54.9 Å². The second-order valence-electron chi connectivity index (χ2n) is 8.49.